The van der Waals surface area contributed by atoms with Crippen LogP contribution in [0.3, 0.4) is 0 Å². The zero-order valence-corrected chi connectivity index (χ0v) is 26.0. The van der Waals surface area contributed by atoms with Crippen molar-refractivity contribution in [3.05, 3.63) is 64.1 Å². The molecular formula is C31H35F3N4O6S. The predicted octanol–water partition coefficient (Wildman–Crippen LogP) is 4.45. The second kappa shape index (κ2) is 12.6. The average molecular weight is 649 g/mol. The topological polar surface area (TPSA) is 118 Å². The predicted molar refractivity (Wildman–Crippen MR) is 162 cm³/mol. The summed E-state index contributed by atoms with van der Waals surface area (Å²) in [6.07, 6.45) is -1.62. The molecule has 0 radical (unpaired) electrons. The van der Waals surface area contributed by atoms with Crippen molar-refractivity contribution in [2.75, 3.05) is 31.2 Å². The molecule has 3 aliphatic heterocycles. The maximum Gasteiger partial charge on any atom is 0.573 e. The molecule has 3 heterocycles. The number of halogens is 3. The van der Waals surface area contributed by atoms with Gasteiger partial charge in [-0.05, 0) is 86.6 Å². The van der Waals surface area contributed by atoms with Crippen LogP contribution in [-0.2, 0) is 24.3 Å². The summed E-state index contributed by atoms with van der Waals surface area (Å²) in [4.78, 5) is 31.8. The number of benzene rings is 2. The van der Waals surface area contributed by atoms with Crippen molar-refractivity contribution in [3.8, 4) is 5.75 Å². The Morgan fingerprint density at radius 1 is 1.13 bits per heavy atom. The van der Waals surface area contributed by atoms with Crippen LogP contribution in [0.25, 0.3) is 6.08 Å². The first-order valence-corrected chi connectivity index (χ1v) is 16.1. The van der Waals surface area contributed by atoms with Crippen LogP contribution in [0, 0.1) is 13.8 Å². The molecule has 0 aliphatic carbocycles. The van der Waals surface area contributed by atoms with Crippen LogP contribution < -0.4 is 15.0 Å². The van der Waals surface area contributed by atoms with E-state index in [4.69, 9.17) is 4.74 Å². The molecule has 2 aromatic rings. The molecule has 0 saturated carbocycles. The molecule has 2 fully saturated rings. The van der Waals surface area contributed by atoms with Crippen molar-refractivity contribution in [2.45, 2.75) is 64.4 Å². The minimum Gasteiger partial charge on any atom is -0.406 e. The van der Waals surface area contributed by atoms with Gasteiger partial charge in [0.25, 0.3) is 5.91 Å². The van der Waals surface area contributed by atoms with Crippen LogP contribution in [0.15, 0.2) is 46.8 Å². The number of piperidine rings is 1. The Labute approximate surface area is 259 Å². The molecule has 0 atom stereocenters. The van der Waals surface area contributed by atoms with Gasteiger partial charge in [-0.2, -0.15) is 4.31 Å². The van der Waals surface area contributed by atoms with E-state index in [1.165, 1.54) is 23.4 Å². The van der Waals surface area contributed by atoms with Crippen molar-refractivity contribution < 1.29 is 40.7 Å². The summed E-state index contributed by atoms with van der Waals surface area (Å²) in [7, 11) is -3.85. The summed E-state index contributed by atoms with van der Waals surface area (Å²) in [6.45, 7) is 6.53. The number of amidine groups is 1. The highest BCUT2D eigenvalue weighted by Gasteiger charge is 2.47. The van der Waals surface area contributed by atoms with Gasteiger partial charge < -0.3 is 19.7 Å². The van der Waals surface area contributed by atoms with Crippen molar-refractivity contribution >= 4 is 39.4 Å². The minimum atomic E-state index is -4.87. The Morgan fingerprint density at radius 3 is 2.38 bits per heavy atom. The molecule has 2 aromatic carbocycles. The monoisotopic (exact) mass is 648 g/mol. The van der Waals surface area contributed by atoms with Crippen LogP contribution >= 0.6 is 0 Å². The van der Waals surface area contributed by atoms with Gasteiger partial charge in [0.1, 0.15) is 17.1 Å². The van der Waals surface area contributed by atoms with Crippen LogP contribution in [0.1, 0.15) is 54.9 Å². The summed E-state index contributed by atoms with van der Waals surface area (Å²) in [5.74, 6) is -0.829. The van der Waals surface area contributed by atoms with Gasteiger partial charge in [-0.1, -0.05) is 12.1 Å². The fourth-order valence-electron chi connectivity index (χ4n) is 6.13. The van der Waals surface area contributed by atoms with Crippen molar-refractivity contribution in [1.29, 1.82) is 0 Å². The average Bonchev–Trinajstić information content (AvgIpc) is 3.27. The number of hydrogen-bond acceptors (Lipinski definition) is 7. The largest absolute Gasteiger partial charge is 0.573 e. The second-order valence-corrected chi connectivity index (χ2v) is 13.3. The van der Waals surface area contributed by atoms with Crippen molar-refractivity contribution in [1.82, 2.24) is 9.62 Å². The minimum absolute atomic E-state index is 0.0314. The summed E-state index contributed by atoms with van der Waals surface area (Å²) < 4.78 is 75.3. The first-order valence-electron chi connectivity index (χ1n) is 14.6. The fraction of sp³-hybridized carbons (Fsp3) is 0.452. The van der Waals surface area contributed by atoms with Gasteiger partial charge in [-0.15, -0.1) is 13.2 Å². The van der Waals surface area contributed by atoms with Gasteiger partial charge in [0.15, 0.2) is 0 Å². The molecule has 242 valence electrons. The van der Waals surface area contributed by atoms with Crippen LogP contribution in [0.5, 0.6) is 5.75 Å². The molecule has 45 heavy (non-hydrogen) atoms. The smallest absolute Gasteiger partial charge is 0.406 e. The van der Waals surface area contributed by atoms with Crippen LogP contribution in [-0.4, -0.2) is 74.6 Å². The zero-order valence-electron chi connectivity index (χ0n) is 25.2. The lowest BCUT2D eigenvalue weighted by Gasteiger charge is -2.34. The molecule has 1 spiro atoms. The number of rotatable bonds is 7. The van der Waals surface area contributed by atoms with Gasteiger partial charge in [0, 0.05) is 55.9 Å². The quantitative estimate of drug-likeness (QED) is 0.475. The van der Waals surface area contributed by atoms with E-state index in [9.17, 15) is 31.2 Å². The zero-order chi connectivity index (χ0) is 32.6. The summed E-state index contributed by atoms with van der Waals surface area (Å²) in [5, 5.41) is 3.78. The Hall–Kier alpha value is -3.75. The number of anilines is 1. The number of nitrogens with zero attached hydrogens (tertiary/aromatic N) is 3. The standard InChI is InChI=1S/C31H35F3N4O6S/c1-20-17-25(38(22(3)39)24-7-14-43-15-8-24)18-21(2)27(20)9-16-45(41,42)37-12-10-30(11-13-37)29(40)35-28(36-30)23-5-4-6-26(19-23)44-31(32,33)34/h4-6,9,16-19,24H,7-8,10-15H2,1-3H3,(H,35,36,40). The van der Waals surface area contributed by atoms with Gasteiger partial charge >= 0.3 is 6.36 Å². The first-order chi connectivity index (χ1) is 21.2. The van der Waals surface area contributed by atoms with E-state index in [-0.39, 0.29) is 49.3 Å². The summed E-state index contributed by atoms with van der Waals surface area (Å²) >= 11 is 0. The summed E-state index contributed by atoms with van der Waals surface area (Å²) in [6, 6.07) is 8.96. The third-order valence-electron chi connectivity index (χ3n) is 8.39. The fourth-order valence-corrected chi connectivity index (χ4v) is 7.30. The highest BCUT2D eigenvalue weighted by atomic mass is 32.2. The molecule has 0 unspecified atom stereocenters. The number of carbonyl (C=O) groups is 2. The van der Waals surface area contributed by atoms with Crippen molar-refractivity contribution in [3.63, 3.8) is 0 Å². The van der Waals surface area contributed by atoms with Gasteiger partial charge in [-0.3, -0.25) is 14.6 Å². The van der Waals surface area contributed by atoms with Gasteiger partial charge in [-0.25, -0.2) is 8.42 Å². The first kappa shape index (κ1) is 32.6. The highest BCUT2D eigenvalue weighted by Crippen LogP contribution is 2.34. The molecule has 5 rings (SSSR count). The molecule has 3 aliphatic rings. The number of amides is 2. The third-order valence-corrected chi connectivity index (χ3v) is 9.95. The third kappa shape index (κ3) is 7.23. The van der Waals surface area contributed by atoms with E-state index >= 15 is 0 Å². The van der Waals surface area contributed by atoms with E-state index in [1.54, 1.807) is 11.0 Å². The second-order valence-electron chi connectivity index (χ2n) is 11.5. The van der Waals surface area contributed by atoms with E-state index < -0.39 is 33.6 Å². The lowest BCUT2D eigenvalue weighted by atomic mass is 9.89. The van der Waals surface area contributed by atoms with E-state index in [1.807, 2.05) is 26.0 Å². The van der Waals surface area contributed by atoms with E-state index in [2.05, 4.69) is 15.0 Å². The van der Waals surface area contributed by atoms with E-state index in [0.717, 1.165) is 52.8 Å². The number of alkyl halides is 3. The highest BCUT2D eigenvalue weighted by molar-refractivity contribution is 7.92. The molecule has 0 aromatic heterocycles. The normalized spacial score (nSPS) is 19.5. The lowest BCUT2D eigenvalue weighted by molar-refractivity contribution is -0.274. The van der Waals surface area contributed by atoms with Crippen molar-refractivity contribution in [2.24, 2.45) is 4.99 Å². The van der Waals surface area contributed by atoms with Gasteiger partial charge in [0.2, 0.25) is 15.9 Å². The molecule has 10 nitrogen and oxygen atoms in total. The molecular weight excluding hydrogens is 613 g/mol. The molecule has 2 amide bonds. The number of carbonyl (C=O) groups excluding carboxylic acids is 2. The Kier molecular flexibility index (Phi) is 9.11. The number of sulfonamides is 1. The molecule has 2 saturated heterocycles. The Morgan fingerprint density at radius 2 is 1.78 bits per heavy atom. The maximum atomic E-state index is 13.3. The number of nitrogens with one attached hydrogen (secondary N) is 1. The Balaban J connectivity index is 1.28. The van der Waals surface area contributed by atoms with E-state index in [0.29, 0.717) is 13.2 Å². The maximum absolute atomic E-state index is 13.3. The number of hydrogen-bond donors (Lipinski definition) is 1. The molecule has 14 heteroatoms. The summed E-state index contributed by atoms with van der Waals surface area (Å²) in [5.41, 5.74) is 2.16. The lowest BCUT2D eigenvalue weighted by Crippen LogP contribution is -2.50. The van der Waals surface area contributed by atoms with Gasteiger partial charge in [0.05, 0.1) is 0 Å². The molecule has 0 bridgehead atoms. The number of aliphatic imine (C=N–C) groups is 1. The number of aryl methyl sites for hydroxylation is 2. The Bertz CT molecular complexity index is 1620. The number of ether oxygens (including phenoxy) is 2. The molecule has 1 N–H and O–H groups in total. The SMILES string of the molecule is CC(=O)N(c1cc(C)c(C=CS(=O)(=O)N2CCC3(CC2)N=C(c2cccc(OC(F)(F)F)c2)NC3=O)c(C)c1)C1CCOCC1. The van der Waals surface area contributed by atoms with Crippen LogP contribution in [0.2, 0.25) is 0 Å². The van der Waals surface area contributed by atoms with Crippen LogP contribution in [0.4, 0.5) is 18.9 Å².